The summed E-state index contributed by atoms with van der Waals surface area (Å²) in [5.74, 6) is 0. The zero-order chi connectivity index (χ0) is 10.6. The summed E-state index contributed by atoms with van der Waals surface area (Å²) in [6.07, 6.45) is 2.29. The number of aryl methyl sites for hydroxylation is 1. The highest BCUT2D eigenvalue weighted by Gasteiger charge is 2.19. The highest BCUT2D eigenvalue weighted by atomic mass is 32.1. The first-order chi connectivity index (χ1) is 6.53. The van der Waals surface area contributed by atoms with Gasteiger partial charge in [0.2, 0.25) is 0 Å². The molecule has 0 aliphatic heterocycles. The van der Waals surface area contributed by atoms with E-state index in [9.17, 15) is 0 Å². The second kappa shape index (κ2) is 4.89. The summed E-state index contributed by atoms with van der Waals surface area (Å²) < 4.78 is 0. The van der Waals surface area contributed by atoms with Gasteiger partial charge in [0, 0.05) is 17.5 Å². The molecule has 3 heteroatoms. The molecule has 14 heavy (non-hydrogen) atoms. The van der Waals surface area contributed by atoms with E-state index in [0.29, 0.717) is 5.41 Å². The van der Waals surface area contributed by atoms with E-state index in [1.165, 1.54) is 11.4 Å². The number of thiazole rings is 1. The Morgan fingerprint density at radius 1 is 1.50 bits per heavy atom. The Morgan fingerprint density at radius 2 is 2.21 bits per heavy atom. The smallest absolute Gasteiger partial charge is 0.0933 e. The first-order valence-corrected chi connectivity index (χ1v) is 5.97. The lowest BCUT2D eigenvalue weighted by molar-refractivity contribution is 0.329. The maximum atomic E-state index is 4.50. The molecule has 0 fully saturated rings. The molecular formula is C11H20N2S. The molecule has 1 heterocycles. The van der Waals surface area contributed by atoms with Crippen molar-refractivity contribution in [2.24, 2.45) is 5.41 Å². The minimum Gasteiger partial charge on any atom is -0.320 e. The number of nitrogens with one attached hydrogen (secondary N) is 1. The van der Waals surface area contributed by atoms with Gasteiger partial charge in [-0.3, -0.25) is 0 Å². The second-order valence-electron chi connectivity index (χ2n) is 4.58. The highest BCUT2D eigenvalue weighted by molar-refractivity contribution is 7.09. The van der Waals surface area contributed by atoms with E-state index in [1.54, 1.807) is 11.3 Å². The maximum absolute atomic E-state index is 4.50. The molecule has 1 aromatic heterocycles. The molecule has 80 valence electrons. The van der Waals surface area contributed by atoms with Gasteiger partial charge in [0.05, 0.1) is 5.01 Å². The number of nitrogens with zero attached hydrogens (tertiary/aromatic N) is 1. The van der Waals surface area contributed by atoms with Gasteiger partial charge in [0.25, 0.3) is 0 Å². The van der Waals surface area contributed by atoms with Crippen LogP contribution >= 0.6 is 11.3 Å². The number of hydrogen-bond acceptors (Lipinski definition) is 3. The summed E-state index contributed by atoms with van der Waals surface area (Å²) >= 11 is 1.78. The summed E-state index contributed by atoms with van der Waals surface area (Å²) in [7, 11) is 2.00. The summed E-state index contributed by atoms with van der Waals surface area (Å²) in [6.45, 7) is 7.75. The SMILES string of the molecule is CNCCC(C)(C)Cc1nc(C)cs1. The standard InChI is InChI=1S/C11H20N2S/c1-9-8-14-10(13-9)7-11(2,3)5-6-12-4/h8,12H,5-7H2,1-4H3. The highest BCUT2D eigenvalue weighted by Crippen LogP contribution is 2.26. The van der Waals surface area contributed by atoms with E-state index < -0.39 is 0 Å². The molecule has 0 aromatic carbocycles. The summed E-state index contributed by atoms with van der Waals surface area (Å²) in [5, 5.41) is 6.59. The Kier molecular flexibility index (Phi) is 4.08. The normalized spacial score (nSPS) is 12.0. The molecule has 0 aliphatic rings. The predicted molar refractivity (Wildman–Crippen MR) is 62.9 cm³/mol. The zero-order valence-electron chi connectivity index (χ0n) is 9.55. The van der Waals surface area contributed by atoms with Gasteiger partial charge in [-0.25, -0.2) is 4.98 Å². The molecule has 0 saturated heterocycles. The van der Waals surface area contributed by atoms with Gasteiger partial charge in [-0.05, 0) is 32.4 Å². The van der Waals surface area contributed by atoms with Crippen LogP contribution < -0.4 is 5.32 Å². The topological polar surface area (TPSA) is 24.9 Å². The van der Waals surface area contributed by atoms with Crippen molar-refractivity contribution in [3.05, 3.63) is 16.1 Å². The molecule has 0 atom stereocenters. The average Bonchev–Trinajstić information content (AvgIpc) is 2.47. The van der Waals surface area contributed by atoms with Gasteiger partial charge in [-0.2, -0.15) is 0 Å². The molecule has 0 bridgehead atoms. The molecule has 1 N–H and O–H groups in total. The first-order valence-electron chi connectivity index (χ1n) is 5.09. The summed E-state index contributed by atoms with van der Waals surface area (Å²) in [6, 6.07) is 0. The van der Waals surface area contributed by atoms with E-state index in [2.05, 4.69) is 36.5 Å². The minimum absolute atomic E-state index is 0.354. The number of rotatable bonds is 5. The quantitative estimate of drug-likeness (QED) is 0.811. The Bertz CT molecular complexity index is 279. The molecular weight excluding hydrogens is 192 g/mol. The van der Waals surface area contributed by atoms with Crippen LogP contribution in [0.2, 0.25) is 0 Å². The van der Waals surface area contributed by atoms with Crippen LogP contribution in [-0.2, 0) is 6.42 Å². The third-order valence-electron chi connectivity index (χ3n) is 2.35. The van der Waals surface area contributed by atoms with Crippen LogP contribution in [0, 0.1) is 12.3 Å². The molecule has 2 nitrogen and oxygen atoms in total. The van der Waals surface area contributed by atoms with Crippen molar-refractivity contribution in [3.63, 3.8) is 0 Å². The van der Waals surface area contributed by atoms with Crippen molar-refractivity contribution in [1.29, 1.82) is 0 Å². The lowest BCUT2D eigenvalue weighted by Gasteiger charge is -2.23. The predicted octanol–water partition coefficient (Wildman–Crippen LogP) is 2.63. The molecule has 1 rings (SSSR count). The third kappa shape index (κ3) is 3.76. The maximum Gasteiger partial charge on any atom is 0.0933 e. The van der Waals surface area contributed by atoms with Gasteiger partial charge in [0.15, 0.2) is 0 Å². The molecule has 0 spiro atoms. The molecule has 0 radical (unpaired) electrons. The van der Waals surface area contributed by atoms with Crippen molar-refractivity contribution in [3.8, 4) is 0 Å². The minimum atomic E-state index is 0.354. The van der Waals surface area contributed by atoms with Crippen LogP contribution in [-0.4, -0.2) is 18.6 Å². The largest absolute Gasteiger partial charge is 0.320 e. The average molecular weight is 212 g/mol. The lowest BCUT2D eigenvalue weighted by Crippen LogP contribution is -2.21. The van der Waals surface area contributed by atoms with Crippen molar-refractivity contribution >= 4 is 11.3 Å². The Morgan fingerprint density at radius 3 is 2.71 bits per heavy atom. The molecule has 0 unspecified atom stereocenters. The van der Waals surface area contributed by atoms with E-state index in [-0.39, 0.29) is 0 Å². The van der Waals surface area contributed by atoms with Gasteiger partial charge in [0.1, 0.15) is 0 Å². The van der Waals surface area contributed by atoms with E-state index in [0.717, 1.165) is 18.7 Å². The fourth-order valence-corrected chi connectivity index (χ4v) is 2.48. The summed E-state index contributed by atoms with van der Waals surface area (Å²) in [4.78, 5) is 4.50. The number of aromatic nitrogens is 1. The van der Waals surface area contributed by atoms with Crippen LogP contribution in [0.3, 0.4) is 0 Å². The van der Waals surface area contributed by atoms with E-state index in [4.69, 9.17) is 0 Å². The van der Waals surface area contributed by atoms with Crippen molar-refractivity contribution in [1.82, 2.24) is 10.3 Å². The Balaban J connectivity index is 2.49. The molecule has 0 saturated carbocycles. The van der Waals surface area contributed by atoms with Crippen molar-refractivity contribution in [2.45, 2.75) is 33.6 Å². The van der Waals surface area contributed by atoms with E-state index in [1.807, 2.05) is 7.05 Å². The molecule has 0 amide bonds. The molecule has 0 aliphatic carbocycles. The van der Waals surface area contributed by atoms with Crippen molar-refractivity contribution in [2.75, 3.05) is 13.6 Å². The van der Waals surface area contributed by atoms with Gasteiger partial charge >= 0.3 is 0 Å². The first kappa shape index (κ1) is 11.7. The Hall–Kier alpha value is -0.410. The fourth-order valence-electron chi connectivity index (χ4n) is 1.45. The lowest BCUT2D eigenvalue weighted by atomic mass is 9.86. The van der Waals surface area contributed by atoms with Crippen LogP contribution in [0.1, 0.15) is 31.0 Å². The van der Waals surface area contributed by atoms with Crippen LogP contribution in [0.15, 0.2) is 5.38 Å². The van der Waals surface area contributed by atoms with Crippen LogP contribution in [0.5, 0.6) is 0 Å². The van der Waals surface area contributed by atoms with E-state index >= 15 is 0 Å². The summed E-state index contributed by atoms with van der Waals surface area (Å²) in [5.41, 5.74) is 1.50. The zero-order valence-corrected chi connectivity index (χ0v) is 10.4. The number of hydrogen-bond donors (Lipinski definition) is 1. The van der Waals surface area contributed by atoms with Gasteiger partial charge in [-0.1, -0.05) is 13.8 Å². The monoisotopic (exact) mass is 212 g/mol. The van der Waals surface area contributed by atoms with Crippen molar-refractivity contribution < 1.29 is 0 Å². The van der Waals surface area contributed by atoms with Gasteiger partial charge in [-0.15, -0.1) is 11.3 Å². The van der Waals surface area contributed by atoms with Crippen LogP contribution in [0.25, 0.3) is 0 Å². The molecule has 1 aromatic rings. The Labute approximate surface area is 90.8 Å². The van der Waals surface area contributed by atoms with Gasteiger partial charge < -0.3 is 5.32 Å². The second-order valence-corrected chi connectivity index (χ2v) is 5.52. The van der Waals surface area contributed by atoms with Crippen LogP contribution in [0.4, 0.5) is 0 Å². The fraction of sp³-hybridized carbons (Fsp3) is 0.727. The third-order valence-corrected chi connectivity index (χ3v) is 3.31.